The molecule has 0 aromatic heterocycles. The van der Waals surface area contributed by atoms with Gasteiger partial charge in [-0.1, -0.05) is 35.0 Å². The summed E-state index contributed by atoms with van der Waals surface area (Å²) in [5.41, 5.74) is 7.48. The molecule has 0 fully saturated rings. The van der Waals surface area contributed by atoms with Crippen LogP contribution in [0.4, 0.5) is 0 Å². The van der Waals surface area contributed by atoms with Gasteiger partial charge < -0.3 is 5.73 Å². The lowest BCUT2D eigenvalue weighted by Gasteiger charge is -2.36. The molecule has 1 aromatic carbocycles. The fourth-order valence-electron chi connectivity index (χ4n) is 2.22. The summed E-state index contributed by atoms with van der Waals surface area (Å²) < 4.78 is 1.06. The minimum atomic E-state index is 0.0623. The number of halogens is 1. The Kier molecular flexibility index (Phi) is 6.50. The number of nitrogens with two attached hydrogens (primary N) is 1. The van der Waals surface area contributed by atoms with Crippen molar-refractivity contribution < 1.29 is 0 Å². The molecule has 0 radical (unpaired) electrons. The summed E-state index contributed by atoms with van der Waals surface area (Å²) in [5.74, 6) is 0. The van der Waals surface area contributed by atoms with Crippen molar-refractivity contribution in [2.45, 2.75) is 44.8 Å². The second-order valence-electron chi connectivity index (χ2n) is 4.95. The molecular weight excluding hydrogens is 302 g/mol. The second kappa shape index (κ2) is 7.64. The van der Waals surface area contributed by atoms with Gasteiger partial charge in [-0.15, -0.1) is 0 Å². The van der Waals surface area contributed by atoms with Crippen LogP contribution >= 0.6 is 15.9 Å². The van der Waals surface area contributed by atoms with Gasteiger partial charge in [0.25, 0.3) is 0 Å². The van der Waals surface area contributed by atoms with Gasteiger partial charge in [-0.05, 0) is 38.1 Å². The summed E-state index contributed by atoms with van der Waals surface area (Å²) in [6.07, 6.45) is 1.42. The first-order valence-electron chi connectivity index (χ1n) is 6.61. The van der Waals surface area contributed by atoms with Gasteiger partial charge in [0.1, 0.15) is 0 Å². The highest BCUT2D eigenvalue weighted by Gasteiger charge is 2.26. The fourth-order valence-corrected chi connectivity index (χ4v) is 2.48. The summed E-state index contributed by atoms with van der Waals surface area (Å²) in [4.78, 5) is 2.21. The van der Waals surface area contributed by atoms with E-state index in [1.807, 2.05) is 19.2 Å². The molecule has 2 N–H and O–H groups in total. The van der Waals surface area contributed by atoms with E-state index in [0.717, 1.165) is 10.9 Å². The van der Waals surface area contributed by atoms with Gasteiger partial charge in [-0.25, -0.2) is 0 Å². The first-order valence-corrected chi connectivity index (χ1v) is 7.40. The zero-order chi connectivity index (χ0) is 14.4. The minimum Gasteiger partial charge on any atom is -0.326 e. The largest absolute Gasteiger partial charge is 0.326 e. The number of nitrogens with zero attached hydrogens (tertiary/aromatic N) is 2. The Morgan fingerprint density at radius 1 is 1.37 bits per heavy atom. The van der Waals surface area contributed by atoms with Crippen molar-refractivity contribution in [2.75, 3.05) is 7.05 Å². The monoisotopic (exact) mass is 323 g/mol. The van der Waals surface area contributed by atoms with E-state index in [9.17, 15) is 0 Å². The lowest BCUT2D eigenvalue weighted by Crippen LogP contribution is -2.42. The molecule has 0 aliphatic heterocycles. The molecule has 0 spiro atoms. The maximum atomic E-state index is 8.86. The van der Waals surface area contributed by atoms with E-state index >= 15 is 0 Å². The number of likely N-dealkylation sites (N-methyl/N-ethyl adjacent to an activating group) is 1. The van der Waals surface area contributed by atoms with Crippen LogP contribution in [0.2, 0.25) is 0 Å². The van der Waals surface area contributed by atoms with Crippen molar-refractivity contribution in [3.05, 3.63) is 34.3 Å². The third-order valence-electron chi connectivity index (χ3n) is 3.61. The third-order valence-corrected chi connectivity index (χ3v) is 4.14. The molecule has 3 nitrogen and oxygen atoms in total. The molecule has 19 heavy (non-hydrogen) atoms. The normalized spacial score (nSPS) is 15.8. The van der Waals surface area contributed by atoms with E-state index in [0.29, 0.717) is 6.42 Å². The standard InChI is InChI=1S/C15H22BrN3/c1-4-14(18)15(19(3)11(2)9-10-17)12-5-7-13(16)8-6-12/h5-8,11,14-15H,4,9,18H2,1-3H3. The zero-order valence-electron chi connectivity index (χ0n) is 11.8. The van der Waals surface area contributed by atoms with Crippen molar-refractivity contribution in [1.82, 2.24) is 4.90 Å². The minimum absolute atomic E-state index is 0.0623. The number of nitriles is 1. The summed E-state index contributed by atoms with van der Waals surface area (Å²) in [6, 6.07) is 10.9. The van der Waals surface area contributed by atoms with Crippen LogP contribution in [0, 0.1) is 11.3 Å². The Balaban J connectivity index is 3.01. The number of rotatable bonds is 6. The topological polar surface area (TPSA) is 53.0 Å². The molecule has 0 heterocycles. The predicted molar refractivity (Wildman–Crippen MR) is 82.6 cm³/mol. The van der Waals surface area contributed by atoms with Crippen molar-refractivity contribution >= 4 is 15.9 Å². The predicted octanol–water partition coefficient (Wildman–Crippen LogP) is 3.46. The Morgan fingerprint density at radius 3 is 2.42 bits per heavy atom. The third kappa shape index (κ3) is 4.31. The van der Waals surface area contributed by atoms with Gasteiger partial charge in [0.2, 0.25) is 0 Å². The van der Waals surface area contributed by atoms with E-state index in [1.54, 1.807) is 0 Å². The van der Waals surface area contributed by atoms with Gasteiger partial charge in [-0.2, -0.15) is 5.26 Å². The average Bonchev–Trinajstić information content (AvgIpc) is 2.41. The molecule has 0 saturated heterocycles. The average molecular weight is 324 g/mol. The number of hydrogen-bond donors (Lipinski definition) is 1. The molecule has 4 heteroatoms. The maximum absolute atomic E-state index is 8.86. The maximum Gasteiger partial charge on any atom is 0.0638 e. The highest BCUT2D eigenvalue weighted by Crippen LogP contribution is 2.27. The van der Waals surface area contributed by atoms with Crippen molar-refractivity contribution in [3.63, 3.8) is 0 Å². The molecule has 3 unspecified atom stereocenters. The molecule has 104 valence electrons. The fraction of sp³-hybridized carbons (Fsp3) is 0.533. The Hall–Kier alpha value is -0.890. The smallest absolute Gasteiger partial charge is 0.0638 e. The van der Waals surface area contributed by atoms with Gasteiger partial charge in [-0.3, -0.25) is 4.90 Å². The summed E-state index contributed by atoms with van der Waals surface area (Å²) in [7, 11) is 2.05. The van der Waals surface area contributed by atoms with Crippen LogP contribution in [0.25, 0.3) is 0 Å². The van der Waals surface area contributed by atoms with E-state index < -0.39 is 0 Å². The molecule has 0 saturated carbocycles. The van der Waals surface area contributed by atoms with Crippen LogP contribution < -0.4 is 5.73 Å². The molecule has 1 aromatic rings. The van der Waals surface area contributed by atoms with Crippen LogP contribution in [0.3, 0.4) is 0 Å². The van der Waals surface area contributed by atoms with Crippen molar-refractivity contribution in [3.8, 4) is 6.07 Å². The Bertz CT molecular complexity index is 424. The van der Waals surface area contributed by atoms with Gasteiger partial charge >= 0.3 is 0 Å². The molecule has 3 atom stereocenters. The quantitative estimate of drug-likeness (QED) is 0.872. The molecule has 0 aliphatic rings. The number of hydrogen-bond acceptors (Lipinski definition) is 3. The van der Waals surface area contributed by atoms with Crippen LogP contribution in [0.15, 0.2) is 28.7 Å². The van der Waals surface area contributed by atoms with E-state index in [1.165, 1.54) is 5.56 Å². The van der Waals surface area contributed by atoms with Gasteiger partial charge in [0.15, 0.2) is 0 Å². The lowest BCUT2D eigenvalue weighted by molar-refractivity contribution is 0.160. The summed E-state index contributed by atoms with van der Waals surface area (Å²) >= 11 is 3.45. The Morgan fingerprint density at radius 2 is 1.95 bits per heavy atom. The van der Waals surface area contributed by atoms with Crippen LogP contribution in [-0.4, -0.2) is 24.0 Å². The van der Waals surface area contributed by atoms with E-state index in [2.05, 4.69) is 52.9 Å². The number of benzene rings is 1. The van der Waals surface area contributed by atoms with Crippen LogP contribution in [0.1, 0.15) is 38.3 Å². The van der Waals surface area contributed by atoms with Crippen LogP contribution in [-0.2, 0) is 0 Å². The summed E-state index contributed by atoms with van der Waals surface area (Å²) in [6.45, 7) is 4.16. The van der Waals surface area contributed by atoms with E-state index in [-0.39, 0.29) is 18.1 Å². The molecule has 1 rings (SSSR count). The van der Waals surface area contributed by atoms with Crippen LogP contribution in [0.5, 0.6) is 0 Å². The molecule has 0 amide bonds. The Labute approximate surface area is 124 Å². The highest BCUT2D eigenvalue weighted by molar-refractivity contribution is 9.10. The molecule has 0 bridgehead atoms. The SMILES string of the molecule is CCC(N)C(c1ccc(Br)cc1)N(C)C(C)CC#N. The van der Waals surface area contributed by atoms with Crippen molar-refractivity contribution in [2.24, 2.45) is 5.73 Å². The van der Waals surface area contributed by atoms with Gasteiger partial charge in [0.05, 0.1) is 12.5 Å². The van der Waals surface area contributed by atoms with E-state index in [4.69, 9.17) is 11.0 Å². The zero-order valence-corrected chi connectivity index (χ0v) is 13.4. The lowest BCUT2D eigenvalue weighted by atomic mass is 9.95. The van der Waals surface area contributed by atoms with Gasteiger partial charge in [0, 0.05) is 22.6 Å². The van der Waals surface area contributed by atoms with Crippen molar-refractivity contribution in [1.29, 1.82) is 5.26 Å². The first-order chi connectivity index (χ1) is 9.01. The molecular formula is C15H22BrN3. The second-order valence-corrected chi connectivity index (χ2v) is 5.86. The molecule has 0 aliphatic carbocycles. The summed E-state index contributed by atoms with van der Waals surface area (Å²) in [5, 5.41) is 8.86. The first kappa shape index (κ1) is 16.2. The highest BCUT2D eigenvalue weighted by atomic mass is 79.9.